The van der Waals surface area contributed by atoms with Crippen molar-refractivity contribution in [2.24, 2.45) is 12.0 Å². The van der Waals surface area contributed by atoms with Crippen molar-refractivity contribution in [3.63, 3.8) is 0 Å². The van der Waals surface area contributed by atoms with Gasteiger partial charge in [0.05, 0.1) is 6.54 Å². The summed E-state index contributed by atoms with van der Waals surface area (Å²) in [5, 5.41) is 11.7. The number of nitrogens with zero attached hydrogens (tertiary/aromatic N) is 6. The number of piperidine rings is 1. The Hall–Kier alpha value is -0.900. The van der Waals surface area contributed by atoms with Crippen LogP contribution in [-0.4, -0.2) is 69.8 Å². The number of aryl methyl sites for hydroxylation is 1. The lowest BCUT2D eigenvalue weighted by Crippen LogP contribution is -2.44. The highest BCUT2D eigenvalue weighted by Crippen LogP contribution is 2.20. The summed E-state index contributed by atoms with van der Waals surface area (Å²) in [5.41, 5.74) is 0. The first-order chi connectivity index (χ1) is 11.2. The normalized spacial score (nSPS) is 22.5. The van der Waals surface area contributed by atoms with Crippen molar-refractivity contribution in [3.05, 3.63) is 11.6 Å². The molecule has 0 saturated carbocycles. The third-order valence-corrected chi connectivity index (χ3v) is 5.17. The van der Waals surface area contributed by atoms with Crippen LogP contribution in [0.4, 0.5) is 0 Å². The fourth-order valence-electron chi connectivity index (χ4n) is 3.61. The Kier molecular flexibility index (Phi) is 7.27. The number of hydrogen-bond donors (Lipinski definition) is 1. The zero-order valence-corrected chi connectivity index (χ0v) is 17.4. The molecule has 2 aliphatic rings. The van der Waals surface area contributed by atoms with Gasteiger partial charge >= 0.3 is 0 Å². The lowest BCUT2D eigenvalue weighted by molar-refractivity contribution is 0.168. The van der Waals surface area contributed by atoms with Crippen molar-refractivity contribution < 1.29 is 0 Å². The molecule has 2 saturated heterocycles. The fraction of sp³-hybridized carbons (Fsp3) is 0.812. The summed E-state index contributed by atoms with van der Waals surface area (Å²) in [6.45, 7) is 7.33. The molecule has 1 N–H and O–H groups in total. The van der Waals surface area contributed by atoms with Crippen molar-refractivity contribution in [2.45, 2.75) is 45.2 Å². The number of hydrogen-bond acceptors (Lipinski definition) is 4. The standard InChI is InChI=1S/C16H29N7.HI/c1-13-19-20-15(21(13)3)11-18-16(17-2)23-10-7-14(12-23)22-8-5-4-6-9-22;/h14H,4-12H2,1-3H3,(H,17,18);1H. The third kappa shape index (κ3) is 4.38. The topological polar surface area (TPSA) is 61.6 Å². The van der Waals surface area contributed by atoms with Gasteiger partial charge in [-0.2, -0.15) is 0 Å². The van der Waals surface area contributed by atoms with Gasteiger partial charge in [-0.25, -0.2) is 0 Å². The van der Waals surface area contributed by atoms with Gasteiger partial charge in [0.25, 0.3) is 0 Å². The molecule has 0 spiro atoms. The van der Waals surface area contributed by atoms with E-state index in [1.54, 1.807) is 0 Å². The summed E-state index contributed by atoms with van der Waals surface area (Å²) in [4.78, 5) is 9.50. The van der Waals surface area contributed by atoms with E-state index in [2.05, 4.69) is 30.3 Å². The average Bonchev–Trinajstić information content (AvgIpc) is 3.19. The van der Waals surface area contributed by atoms with E-state index in [4.69, 9.17) is 0 Å². The van der Waals surface area contributed by atoms with E-state index in [1.165, 1.54) is 38.8 Å². The van der Waals surface area contributed by atoms with Gasteiger partial charge < -0.3 is 14.8 Å². The maximum Gasteiger partial charge on any atom is 0.194 e. The highest BCUT2D eigenvalue weighted by molar-refractivity contribution is 14.0. The first kappa shape index (κ1) is 19.4. The van der Waals surface area contributed by atoms with Gasteiger partial charge in [0, 0.05) is 33.2 Å². The summed E-state index contributed by atoms with van der Waals surface area (Å²) in [6, 6.07) is 0.686. The number of aliphatic imine (C=N–C) groups is 1. The molecular formula is C16H30IN7. The minimum atomic E-state index is 0. The molecule has 1 aromatic heterocycles. The first-order valence-corrected chi connectivity index (χ1v) is 8.73. The molecule has 8 heteroatoms. The number of rotatable bonds is 3. The number of aromatic nitrogens is 3. The van der Waals surface area contributed by atoms with Crippen LogP contribution in [-0.2, 0) is 13.6 Å². The van der Waals surface area contributed by atoms with Crippen molar-refractivity contribution in [2.75, 3.05) is 33.2 Å². The molecule has 24 heavy (non-hydrogen) atoms. The molecule has 0 radical (unpaired) electrons. The van der Waals surface area contributed by atoms with Crippen molar-refractivity contribution in [1.29, 1.82) is 0 Å². The lowest BCUT2D eigenvalue weighted by atomic mass is 10.1. The number of guanidine groups is 1. The van der Waals surface area contributed by atoms with Gasteiger partial charge in [0.15, 0.2) is 11.8 Å². The zero-order valence-electron chi connectivity index (χ0n) is 15.0. The van der Waals surface area contributed by atoms with E-state index in [9.17, 15) is 0 Å². The van der Waals surface area contributed by atoms with E-state index in [0.29, 0.717) is 12.6 Å². The predicted octanol–water partition coefficient (Wildman–Crippen LogP) is 1.38. The minimum absolute atomic E-state index is 0. The maximum atomic E-state index is 4.46. The predicted molar refractivity (Wildman–Crippen MR) is 107 cm³/mol. The quantitative estimate of drug-likeness (QED) is 0.431. The Labute approximate surface area is 161 Å². The number of likely N-dealkylation sites (tertiary alicyclic amines) is 2. The molecule has 7 nitrogen and oxygen atoms in total. The highest BCUT2D eigenvalue weighted by Gasteiger charge is 2.30. The van der Waals surface area contributed by atoms with Gasteiger partial charge in [-0.05, 0) is 39.3 Å². The van der Waals surface area contributed by atoms with Crippen LogP contribution in [0, 0.1) is 6.92 Å². The molecule has 3 rings (SSSR count). The fourth-order valence-corrected chi connectivity index (χ4v) is 3.61. The second kappa shape index (κ2) is 8.98. The molecule has 0 aliphatic carbocycles. The van der Waals surface area contributed by atoms with E-state index in [1.807, 2.05) is 25.6 Å². The summed E-state index contributed by atoms with van der Waals surface area (Å²) in [7, 11) is 3.86. The van der Waals surface area contributed by atoms with E-state index >= 15 is 0 Å². The van der Waals surface area contributed by atoms with Crippen LogP contribution in [0.5, 0.6) is 0 Å². The van der Waals surface area contributed by atoms with Crippen LogP contribution in [0.25, 0.3) is 0 Å². The van der Waals surface area contributed by atoms with Crippen LogP contribution < -0.4 is 5.32 Å². The van der Waals surface area contributed by atoms with Crippen LogP contribution in [0.2, 0.25) is 0 Å². The number of nitrogens with one attached hydrogen (secondary N) is 1. The lowest BCUT2D eigenvalue weighted by Gasteiger charge is -2.32. The highest BCUT2D eigenvalue weighted by atomic mass is 127. The number of halogens is 1. The SMILES string of the molecule is CN=C(NCc1nnc(C)n1C)N1CCC(N2CCCCC2)C1.I. The largest absolute Gasteiger partial charge is 0.349 e. The van der Waals surface area contributed by atoms with Crippen molar-refractivity contribution >= 4 is 29.9 Å². The summed E-state index contributed by atoms with van der Waals surface area (Å²) in [6.07, 6.45) is 5.35. The Balaban J connectivity index is 0.00000208. The third-order valence-electron chi connectivity index (χ3n) is 5.17. The molecule has 1 atom stereocenters. The monoisotopic (exact) mass is 447 g/mol. The van der Waals surface area contributed by atoms with Crippen LogP contribution in [0.1, 0.15) is 37.3 Å². The van der Waals surface area contributed by atoms with Crippen LogP contribution in [0.3, 0.4) is 0 Å². The zero-order chi connectivity index (χ0) is 16.2. The van der Waals surface area contributed by atoms with Gasteiger partial charge in [0.2, 0.25) is 0 Å². The maximum absolute atomic E-state index is 4.46. The molecule has 2 aliphatic heterocycles. The Morgan fingerprint density at radius 2 is 1.96 bits per heavy atom. The smallest absolute Gasteiger partial charge is 0.194 e. The Morgan fingerprint density at radius 3 is 2.58 bits per heavy atom. The molecule has 1 aromatic rings. The summed E-state index contributed by atoms with van der Waals surface area (Å²) < 4.78 is 2.01. The Morgan fingerprint density at radius 1 is 1.21 bits per heavy atom. The second-order valence-electron chi connectivity index (χ2n) is 6.61. The van der Waals surface area contributed by atoms with E-state index in [-0.39, 0.29) is 24.0 Å². The molecule has 0 bridgehead atoms. The average molecular weight is 447 g/mol. The summed E-state index contributed by atoms with van der Waals surface area (Å²) >= 11 is 0. The molecule has 0 amide bonds. The minimum Gasteiger partial charge on any atom is -0.349 e. The molecule has 3 heterocycles. The van der Waals surface area contributed by atoms with Crippen molar-refractivity contribution in [3.8, 4) is 0 Å². The molecule has 2 fully saturated rings. The molecule has 0 aromatic carbocycles. The van der Waals surface area contributed by atoms with E-state index in [0.717, 1.165) is 30.7 Å². The summed E-state index contributed by atoms with van der Waals surface area (Å²) in [5.74, 6) is 2.85. The van der Waals surface area contributed by atoms with Gasteiger partial charge in [-0.3, -0.25) is 9.89 Å². The van der Waals surface area contributed by atoms with Gasteiger partial charge in [-0.1, -0.05) is 6.42 Å². The first-order valence-electron chi connectivity index (χ1n) is 8.73. The van der Waals surface area contributed by atoms with E-state index < -0.39 is 0 Å². The molecule has 1 unspecified atom stereocenters. The Bertz CT molecular complexity index is 551. The van der Waals surface area contributed by atoms with Crippen LogP contribution >= 0.6 is 24.0 Å². The van der Waals surface area contributed by atoms with Gasteiger partial charge in [0.1, 0.15) is 5.82 Å². The van der Waals surface area contributed by atoms with Crippen molar-refractivity contribution in [1.82, 2.24) is 29.9 Å². The van der Waals surface area contributed by atoms with Crippen LogP contribution in [0.15, 0.2) is 4.99 Å². The molecule has 136 valence electrons. The molecular weight excluding hydrogens is 417 g/mol. The van der Waals surface area contributed by atoms with Gasteiger partial charge in [-0.15, -0.1) is 34.2 Å². The second-order valence-corrected chi connectivity index (χ2v) is 6.61.